The van der Waals surface area contributed by atoms with Gasteiger partial charge in [-0.2, -0.15) is 5.43 Å². The number of quaternary nitrogens is 1. The summed E-state index contributed by atoms with van der Waals surface area (Å²) in [7, 11) is 1.98. The molecule has 0 aromatic rings. The van der Waals surface area contributed by atoms with E-state index in [1.54, 1.807) is 20.8 Å². The SMILES string of the molecule is CC(C)(C)OC(=O)NC1C(=O)N2C(C(=O)O)=C(CN[N+]3(C)C=CC=CC3)CS[C@H]12. The summed E-state index contributed by atoms with van der Waals surface area (Å²) in [5.41, 5.74) is 3.29. The average Bonchev–Trinajstić information content (AvgIpc) is 2.62. The predicted molar refractivity (Wildman–Crippen MR) is 108 cm³/mol. The molecule has 9 nitrogen and oxygen atoms in total. The lowest BCUT2D eigenvalue weighted by atomic mass is 10.0. The summed E-state index contributed by atoms with van der Waals surface area (Å²) in [6.45, 7) is 6.28. The van der Waals surface area contributed by atoms with Crippen LogP contribution in [0.2, 0.25) is 0 Å². The first-order chi connectivity index (χ1) is 13.5. The number of nitrogens with one attached hydrogen (secondary N) is 2. The van der Waals surface area contributed by atoms with Crippen LogP contribution in [0, 0.1) is 0 Å². The third-order valence-electron chi connectivity index (χ3n) is 4.72. The second kappa shape index (κ2) is 7.85. The first kappa shape index (κ1) is 21.4. The van der Waals surface area contributed by atoms with E-state index in [-0.39, 0.29) is 5.70 Å². The lowest BCUT2D eigenvalue weighted by Gasteiger charge is -2.49. The van der Waals surface area contributed by atoms with Crippen molar-refractivity contribution in [1.29, 1.82) is 0 Å². The van der Waals surface area contributed by atoms with Crippen molar-refractivity contribution in [2.45, 2.75) is 37.8 Å². The van der Waals surface area contributed by atoms with Crippen molar-refractivity contribution in [3.05, 3.63) is 35.7 Å². The number of carboxylic acids is 1. The van der Waals surface area contributed by atoms with Gasteiger partial charge in [0.15, 0.2) is 0 Å². The fourth-order valence-electron chi connectivity index (χ4n) is 3.31. The van der Waals surface area contributed by atoms with Crippen molar-refractivity contribution < 1.29 is 28.8 Å². The van der Waals surface area contributed by atoms with Crippen LogP contribution < -0.4 is 10.7 Å². The maximum atomic E-state index is 12.6. The molecule has 10 heteroatoms. The number of fused-ring (bicyclic) bond motifs is 1. The Kier molecular flexibility index (Phi) is 5.79. The summed E-state index contributed by atoms with van der Waals surface area (Å²) in [5, 5.41) is 11.8. The van der Waals surface area contributed by atoms with Crippen LogP contribution in [0.1, 0.15) is 20.8 Å². The zero-order chi connectivity index (χ0) is 21.4. The minimum atomic E-state index is -1.15. The third kappa shape index (κ3) is 4.65. The number of carboxylic acid groups (broad SMARTS) is 1. The Bertz CT molecular complexity index is 816. The molecule has 0 saturated carbocycles. The molecule has 158 valence electrons. The van der Waals surface area contributed by atoms with Crippen LogP contribution >= 0.6 is 11.8 Å². The topological polar surface area (TPSA) is 108 Å². The van der Waals surface area contributed by atoms with Crippen LogP contribution in [-0.4, -0.2) is 75.5 Å². The van der Waals surface area contributed by atoms with Crippen molar-refractivity contribution in [2.24, 2.45) is 0 Å². The van der Waals surface area contributed by atoms with Gasteiger partial charge < -0.3 is 15.2 Å². The number of alkyl carbamates (subject to hydrolysis) is 1. The summed E-state index contributed by atoms with van der Waals surface area (Å²) in [6.07, 6.45) is 7.21. The molecule has 0 spiro atoms. The molecule has 0 radical (unpaired) electrons. The van der Waals surface area contributed by atoms with Crippen LogP contribution in [0.25, 0.3) is 0 Å². The Labute approximate surface area is 174 Å². The number of hydrogen-bond donors (Lipinski definition) is 3. The summed E-state index contributed by atoms with van der Waals surface area (Å²) in [5.74, 6) is -1.13. The van der Waals surface area contributed by atoms with E-state index in [1.165, 1.54) is 16.7 Å². The van der Waals surface area contributed by atoms with Gasteiger partial charge in [-0.15, -0.1) is 11.8 Å². The molecule has 0 bridgehead atoms. The van der Waals surface area contributed by atoms with Crippen LogP contribution in [0.15, 0.2) is 35.7 Å². The molecule has 3 heterocycles. The molecule has 1 fully saturated rings. The van der Waals surface area contributed by atoms with Gasteiger partial charge in [0.25, 0.3) is 5.91 Å². The van der Waals surface area contributed by atoms with Gasteiger partial charge in [0.05, 0.1) is 13.6 Å². The zero-order valence-electron chi connectivity index (χ0n) is 17.0. The fourth-order valence-corrected chi connectivity index (χ4v) is 4.65. The second-order valence-corrected chi connectivity index (χ2v) is 9.45. The smallest absolute Gasteiger partial charge is 0.408 e. The van der Waals surface area contributed by atoms with Gasteiger partial charge in [0, 0.05) is 5.75 Å². The van der Waals surface area contributed by atoms with Gasteiger partial charge in [-0.25, -0.2) is 14.2 Å². The van der Waals surface area contributed by atoms with E-state index < -0.39 is 35.0 Å². The van der Waals surface area contributed by atoms with Crippen LogP contribution in [0.3, 0.4) is 0 Å². The number of carbonyl (C=O) groups excluding carboxylic acids is 2. The number of amides is 2. The first-order valence-electron chi connectivity index (χ1n) is 9.35. The van der Waals surface area contributed by atoms with Crippen molar-refractivity contribution in [3.63, 3.8) is 0 Å². The molecule has 1 saturated heterocycles. The summed E-state index contributed by atoms with van der Waals surface area (Å²) < 4.78 is 5.64. The highest BCUT2D eigenvalue weighted by molar-refractivity contribution is 8.00. The molecule has 29 heavy (non-hydrogen) atoms. The van der Waals surface area contributed by atoms with Gasteiger partial charge >= 0.3 is 12.1 Å². The summed E-state index contributed by atoms with van der Waals surface area (Å²) in [6, 6.07) is -0.793. The molecule has 0 aliphatic carbocycles. The zero-order valence-corrected chi connectivity index (χ0v) is 17.8. The van der Waals surface area contributed by atoms with E-state index in [2.05, 4.69) is 10.7 Å². The Hall–Kier alpha value is -2.30. The quantitative estimate of drug-likeness (QED) is 0.450. The number of ether oxygens (including phenoxy) is 1. The number of β-lactam (4-membered cyclic amide) rings is 1. The Balaban J connectivity index is 1.70. The molecule has 2 amide bonds. The number of hydrogen-bond acceptors (Lipinski definition) is 6. The lowest BCUT2D eigenvalue weighted by Crippen LogP contribution is -2.71. The highest BCUT2D eigenvalue weighted by Gasteiger charge is 2.54. The van der Waals surface area contributed by atoms with Gasteiger partial charge in [0.2, 0.25) is 0 Å². The first-order valence-corrected chi connectivity index (χ1v) is 10.4. The molecule has 3 rings (SSSR count). The van der Waals surface area contributed by atoms with Crippen molar-refractivity contribution in [2.75, 3.05) is 25.9 Å². The van der Waals surface area contributed by atoms with E-state index in [4.69, 9.17) is 4.74 Å². The normalized spacial score (nSPS) is 28.7. The fraction of sp³-hybridized carbons (Fsp3) is 0.526. The van der Waals surface area contributed by atoms with Gasteiger partial charge in [-0.05, 0) is 38.5 Å². The molecule has 0 aromatic carbocycles. The summed E-state index contributed by atoms with van der Waals surface area (Å²) in [4.78, 5) is 37.8. The number of likely N-dealkylation sites (N-methyl/N-ethyl adjacent to an activating group) is 1. The largest absolute Gasteiger partial charge is 0.477 e. The standard InChI is InChI=1S/C19H26N4O5S/c1-19(2,3)28-18(27)21-13-15(24)22-14(17(25)26)12(11-29-16(13)22)10-20-23(4)8-6-5-7-9-23/h5-8,13,16,20H,9-11H2,1-4H3,(H-,21,25,26,27)/p+1/t13?,16-,23?/m1/s1. The number of allylic oxidation sites excluding steroid dienone is 2. The number of aliphatic carboxylic acids is 1. The van der Waals surface area contributed by atoms with Gasteiger partial charge in [-0.1, -0.05) is 6.08 Å². The minimum Gasteiger partial charge on any atom is -0.477 e. The van der Waals surface area contributed by atoms with Crippen LogP contribution in [0.4, 0.5) is 4.79 Å². The Morgan fingerprint density at radius 1 is 1.38 bits per heavy atom. The molecular formula is C19H27N4O5S+. The number of carbonyl (C=O) groups is 3. The van der Waals surface area contributed by atoms with E-state index in [0.717, 1.165) is 6.54 Å². The van der Waals surface area contributed by atoms with Gasteiger partial charge in [-0.3, -0.25) is 9.69 Å². The van der Waals surface area contributed by atoms with Crippen molar-refractivity contribution >= 4 is 29.7 Å². The van der Waals surface area contributed by atoms with E-state index in [9.17, 15) is 19.5 Å². The minimum absolute atomic E-state index is 0.00313. The monoisotopic (exact) mass is 423 g/mol. The van der Waals surface area contributed by atoms with E-state index in [0.29, 0.717) is 22.5 Å². The number of thioether (sulfide) groups is 1. The third-order valence-corrected chi connectivity index (χ3v) is 6.06. The molecule has 3 atom stereocenters. The Morgan fingerprint density at radius 2 is 2.10 bits per heavy atom. The van der Waals surface area contributed by atoms with Crippen LogP contribution in [0.5, 0.6) is 0 Å². The maximum Gasteiger partial charge on any atom is 0.408 e. The lowest BCUT2D eigenvalue weighted by molar-refractivity contribution is -0.899. The van der Waals surface area contributed by atoms with Crippen LogP contribution in [-0.2, 0) is 14.3 Å². The molecule has 3 N–H and O–H groups in total. The van der Waals surface area contributed by atoms with E-state index >= 15 is 0 Å². The molecule has 0 aromatic heterocycles. The average molecular weight is 424 g/mol. The number of rotatable bonds is 5. The molecule has 3 aliphatic heterocycles. The molecule has 3 aliphatic rings. The molecule has 2 unspecified atom stereocenters. The predicted octanol–water partition coefficient (Wildman–Crippen LogP) is 1.17. The number of nitrogens with zero attached hydrogens (tertiary/aromatic N) is 2. The Morgan fingerprint density at radius 3 is 2.69 bits per heavy atom. The summed E-state index contributed by atoms with van der Waals surface area (Å²) >= 11 is 1.43. The second-order valence-electron chi connectivity index (χ2n) is 8.35. The van der Waals surface area contributed by atoms with Crippen molar-refractivity contribution in [1.82, 2.24) is 15.6 Å². The highest BCUT2D eigenvalue weighted by atomic mass is 32.2. The van der Waals surface area contributed by atoms with Gasteiger partial charge in [0.1, 0.15) is 35.5 Å². The van der Waals surface area contributed by atoms with Crippen molar-refractivity contribution in [3.8, 4) is 0 Å². The maximum absolute atomic E-state index is 12.6. The highest BCUT2D eigenvalue weighted by Crippen LogP contribution is 2.40. The van der Waals surface area contributed by atoms with E-state index in [1.807, 2.05) is 31.5 Å². The molecular weight excluding hydrogens is 396 g/mol.